The number of aryl methyl sites for hydroxylation is 1. The molecule has 1 aromatic heterocycles. The minimum absolute atomic E-state index is 0.0887. The van der Waals surface area contributed by atoms with Crippen molar-refractivity contribution in [1.82, 2.24) is 4.98 Å². The van der Waals surface area contributed by atoms with Crippen LogP contribution in [0.25, 0.3) is 11.5 Å². The molecular formula is C12H11FN2O2. The van der Waals surface area contributed by atoms with Gasteiger partial charge in [0, 0.05) is 0 Å². The molecule has 0 unspecified atom stereocenters. The normalized spacial score (nSPS) is 10.5. The van der Waals surface area contributed by atoms with E-state index in [1.807, 2.05) is 0 Å². The number of rotatable bonds is 3. The molecule has 0 bridgehead atoms. The predicted octanol–water partition coefficient (Wildman–Crippen LogP) is 1.93. The van der Waals surface area contributed by atoms with E-state index in [4.69, 9.17) is 10.2 Å². The molecule has 17 heavy (non-hydrogen) atoms. The maximum absolute atomic E-state index is 13.5. The largest absolute Gasteiger partial charge is 0.433 e. The highest BCUT2D eigenvalue weighted by atomic mass is 19.1. The molecule has 1 heterocycles. The molecule has 0 spiro atoms. The number of hydrogen-bond acceptors (Lipinski definition) is 4. The predicted molar refractivity (Wildman–Crippen MR) is 60.0 cm³/mol. The first-order valence-corrected chi connectivity index (χ1v) is 5.09. The molecule has 4 nitrogen and oxygen atoms in total. The van der Waals surface area contributed by atoms with E-state index in [9.17, 15) is 9.18 Å². The van der Waals surface area contributed by atoms with Gasteiger partial charge in [-0.25, -0.2) is 9.37 Å². The number of ketones is 1. The van der Waals surface area contributed by atoms with Crippen molar-refractivity contribution in [3.8, 4) is 11.5 Å². The standard InChI is InChI=1S/C12H11FN2O2/c1-7-11(10(16)6-14)17-12(15-7)8-4-2-3-5-9(8)13/h2-5H,6,14H2,1H3. The second-order valence-corrected chi connectivity index (χ2v) is 3.54. The van der Waals surface area contributed by atoms with Crippen LogP contribution in [0, 0.1) is 12.7 Å². The number of hydrogen-bond donors (Lipinski definition) is 1. The summed E-state index contributed by atoms with van der Waals surface area (Å²) in [6.45, 7) is 1.46. The smallest absolute Gasteiger partial charge is 0.230 e. The maximum atomic E-state index is 13.5. The van der Waals surface area contributed by atoms with E-state index in [0.717, 1.165) is 0 Å². The molecule has 0 saturated carbocycles. The highest BCUT2D eigenvalue weighted by Gasteiger charge is 2.18. The SMILES string of the molecule is Cc1nc(-c2ccccc2F)oc1C(=O)CN. The number of carbonyl (C=O) groups excluding carboxylic acids is 1. The number of halogens is 1. The number of nitrogens with two attached hydrogens (primary N) is 1. The zero-order chi connectivity index (χ0) is 12.4. The Bertz CT molecular complexity index is 563. The Hall–Kier alpha value is -2.01. The molecule has 0 saturated heterocycles. The summed E-state index contributed by atoms with van der Waals surface area (Å²) in [5, 5.41) is 0. The minimum atomic E-state index is -0.444. The van der Waals surface area contributed by atoms with Crippen LogP contribution >= 0.6 is 0 Å². The lowest BCUT2D eigenvalue weighted by molar-refractivity contribution is 0.0975. The Morgan fingerprint density at radius 2 is 2.18 bits per heavy atom. The summed E-state index contributed by atoms with van der Waals surface area (Å²) in [5.74, 6) is -0.610. The van der Waals surface area contributed by atoms with Gasteiger partial charge in [0.1, 0.15) is 5.82 Å². The summed E-state index contributed by atoms with van der Waals surface area (Å²) >= 11 is 0. The van der Waals surface area contributed by atoms with Crippen LogP contribution in [0.4, 0.5) is 4.39 Å². The van der Waals surface area contributed by atoms with E-state index in [2.05, 4.69) is 4.98 Å². The summed E-state index contributed by atoms with van der Waals surface area (Å²) in [4.78, 5) is 15.4. The van der Waals surface area contributed by atoms with Gasteiger partial charge in [0.15, 0.2) is 5.76 Å². The van der Waals surface area contributed by atoms with Crippen LogP contribution in [0.1, 0.15) is 16.2 Å². The van der Waals surface area contributed by atoms with Crippen LogP contribution < -0.4 is 5.73 Å². The lowest BCUT2D eigenvalue weighted by Gasteiger charge is -1.96. The Morgan fingerprint density at radius 3 is 2.82 bits per heavy atom. The van der Waals surface area contributed by atoms with Crippen molar-refractivity contribution < 1.29 is 13.6 Å². The summed E-state index contributed by atoms with van der Waals surface area (Å²) in [6.07, 6.45) is 0. The Labute approximate surface area is 97.3 Å². The van der Waals surface area contributed by atoms with E-state index in [0.29, 0.717) is 5.69 Å². The van der Waals surface area contributed by atoms with Crippen molar-refractivity contribution in [3.05, 3.63) is 41.5 Å². The maximum Gasteiger partial charge on any atom is 0.230 e. The number of carbonyl (C=O) groups is 1. The van der Waals surface area contributed by atoms with Gasteiger partial charge >= 0.3 is 0 Å². The van der Waals surface area contributed by atoms with Gasteiger partial charge in [-0.3, -0.25) is 4.79 Å². The number of oxazole rings is 1. The van der Waals surface area contributed by atoms with Crippen molar-refractivity contribution in [3.63, 3.8) is 0 Å². The van der Waals surface area contributed by atoms with Crippen LogP contribution in [-0.2, 0) is 0 Å². The van der Waals surface area contributed by atoms with Crippen LogP contribution in [0.2, 0.25) is 0 Å². The molecule has 2 rings (SSSR count). The average Bonchev–Trinajstić information content (AvgIpc) is 2.71. The molecule has 0 radical (unpaired) electrons. The first kappa shape index (κ1) is 11.5. The summed E-state index contributed by atoms with van der Waals surface area (Å²) in [5.41, 5.74) is 5.88. The van der Waals surface area contributed by atoms with Crippen LogP contribution in [0.3, 0.4) is 0 Å². The van der Waals surface area contributed by atoms with E-state index in [-0.39, 0.29) is 29.5 Å². The first-order valence-electron chi connectivity index (χ1n) is 5.09. The molecule has 2 N–H and O–H groups in total. The van der Waals surface area contributed by atoms with Gasteiger partial charge in [-0.2, -0.15) is 0 Å². The Morgan fingerprint density at radius 1 is 1.47 bits per heavy atom. The zero-order valence-electron chi connectivity index (χ0n) is 9.24. The Balaban J connectivity index is 2.49. The third kappa shape index (κ3) is 2.09. The van der Waals surface area contributed by atoms with Gasteiger partial charge in [-0.1, -0.05) is 12.1 Å². The van der Waals surface area contributed by atoms with Crippen molar-refractivity contribution in [2.24, 2.45) is 5.73 Å². The summed E-state index contributed by atoms with van der Waals surface area (Å²) < 4.78 is 18.7. The minimum Gasteiger partial charge on any atom is -0.433 e. The molecule has 5 heteroatoms. The summed E-state index contributed by atoms with van der Waals surface area (Å²) in [7, 11) is 0. The fourth-order valence-electron chi connectivity index (χ4n) is 1.50. The van der Waals surface area contributed by atoms with E-state index >= 15 is 0 Å². The fourth-order valence-corrected chi connectivity index (χ4v) is 1.50. The number of Topliss-reactive ketones (excluding diaryl/α,β-unsaturated/α-hetero) is 1. The number of nitrogens with zero attached hydrogens (tertiary/aromatic N) is 1. The van der Waals surface area contributed by atoms with E-state index in [1.54, 1.807) is 19.1 Å². The van der Waals surface area contributed by atoms with Gasteiger partial charge in [-0.15, -0.1) is 0 Å². The second-order valence-electron chi connectivity index (χ2n) is 3.54. The van der Waals surface area contributed by atoms with Crippen molar-refractivity contribution >= 4 is 5.78 Å². The van der Waals surface area contributed by atoms with E-state index < -0.39 is 5.82 Å². The van der Waals surface area contributed by atoms with Crippen molar-refractivity contribution in [1.29, 1.82) is 0 Å². The van der Waals surface area contributed by atoms with Gasteiger partial charge in [0.05, 0.1) is 17.8 Å². The fraction of sp³-hybridized carbons (Fsp3) is 0.167. The van der Waals surface area contributed by atoms with Crippen LogP contribution in [-0.4, -0.2) is 17.3 Å². The molecule has 0 fully saturated rings. The number of aromatic nitrogens is 1. The van der Waals surface area contributed by atoms with Gasteiger partial charge < -0.3 is 10.2 Å². The molecule has 88 valence electrons. The molecular weight excluding hydrogens is 223 g/mol. The van der Waals surface area contributed by atoms with Crippen LogP contribution in [0.5, 0.6) is 0 Å². The number of benzene rings is 1. The molecule has 0 atom stereocenters. The third-order valence-corrected chi connectivity index (χ3v) is 2.34. The lowest BCUT2D eigenvalue weighted by atomic mass is 10.2. The lowest BCUT2D eigenvalue weighted by Crippen LogP contribution is -2.13. The third-order valence-electron chi connectivity index (χ3n) is 2.34. The van der Waals surface area contributed by atoms with Crippen LogP contribution in [0.15, 0.2) is 28.7 Å². The summed E-state index contributed by atoms with van der Waals surface area (Å²) in [6, 6.07) is 6.08. The molecule has 1 aromatic carbocycles. The van der Waals surface area contributed by atoms with Gasteiger partial charge in [0.25, 0.3) is 0 Å². The van der Waals surface area contributed by atoms with Crippen molar-refractivity contribution in [2.45, 2.75) is 6.92 Å². The zero-order valence-corrected chi connectivity index (χ0v) is 9.24. The highest BCUT2D eigenvalue weighted by Crippen LogP contribution is 2.24. The quantitative estimate of drug-likeness (QED) is 0.824. The average molecular weight is 234 g/mol. The molecule has 2 aromatic rings. The first-order chi connectivity index (χ1) is 8.13. The monoisotopic (exact) mass is 234 g/mol. The molecule has 0 aliphatic carbocycles. The van der Waals surface area contributed by atoms with Gasteiger partial charge in [0.2, 0.25) is 11.7 Å². The van der Waals surface area contributed by atoms with Crippen molar-refractivity contribution in [2.75, 3.05) is 6.54 Å². The second kappa shape index (κ2) is 4.47. The van der Waals surface area contributed by atoms with Gasteiger partial charge in [-0.05, 0) is 19.1 Å². The van der Waals surface area contributed by atoms with E-state index in [1.165, 1.54) is 12.1 Å². The molecule has 0 aliphatic rings. The Kier molecular flexibility index (Phi) is 3.01. The topological polar surface area (TPSA) is 69.1 Å². The highest BCUT2D eigenvalue weighted by molar-refractivity contribution is 5.96. The molecule has 0 amide bonds. The molecule has 0 aliphatic heterocycles.